The summed E-state index contributed by atoms with van der Waals surface area (Å²) in [6, 6.07) is 11.3. The molecule has 0 aliphatic heterocycles. The first-order valence-corrected chi connectivity index (χ1v) is 6.73. The second-order valence-electron chi connectivity index (χ2n) is 4.64. The van der Waals surface area contributed by atoms with Crippen molar-refractivity contribution in [2.75, 3.05) is 11.9 Å². The number of hydrogen-bond acceptors (Lipinski definition) is 4. The van der Waals surface area contributed by atoms with Crippen molar-refractivity contribution in [3.8, 4) is 11.5 Å². The molecule has 0 saturated carbocycles. The van der Waals surface area contributed by atoms with Gasteiger partial charge in [0.2, 0.25) is 0 Å². The van der Waals surface area contributed by atoms with Crippen molar-refractivity contribution in [2.45, 2.75) is 13.5 Å². The summed E-state index contributed by atoms with van der Waals surface area (Å²) in [5, 5.41) is 25.0. The third-order valence-electron chi connectivity index (χ3n) is 2.99. The molecule has 5 heteroatoms. The molecule has 0 fully saturated rings. The van der Waals surface area contributed by atoms with E-state index in [0.29, 0.717) is 5.69 Å². The molecule has 0 atom stereocenters. The molecule has 110 valence electrons. The molecule has 0 aromatic heterocycles. The monoisotopic (exact) mass is 286 g/mol. The van der Waals surface area contributed by atoms with Crippen LogP contribution in [-0.2, 0) is 6.54 Å². The second kappa shape index (κ2) is 6.76. The molecule has 0 radical (unpaired) electrons. The van der Waals surface area contributed by atoms with E-state index in [9.17, 15) is 15.0 Å². The van der Waals surface area contributed by atoms with Gasteiger partial charge in [-0.1, -0.05) is 19.1 Å². The maximum Gasteiger partial charge on any atom is 0.259 e. The highest BCUT2D eigenvalue weighted by Crippen LogP contribution is 2.23. The van der Waals surface area contributed by atoms with Crippen LogP contribution in [0.4, 0.5) is 5.69 Å². The smallest absolute Gasteiger partial charge is 0.259 e. The number of nitrogens with one attached hydrogen (secondary N) is 2. The third kappa shape index (κ3) is 3.97. The van der Waals surface area contributed by atoms with E-state index < -0.39 is 5.91 Å². The lowest BCUT2D eigenvalue weighted by molar-refractivity contribution is 0.102. The summed E-state index contributed by atoms with van der Waals surface area (Å²) in [4.78, 5) is 12.1. The highest BCUT2D eigenvalue weighted by molar-refractivity contribution is 6.06. The molecule has 0 spiro atoms. The van der Waals surface area contributed by atoms with Gasteiger partial charge in [-0.2, -0.15) is 0 Å². The van der Waals surface area contributed by atoms with Gasteiger partial charge in [0.05, 0.1) is 5.56 Å². The Hall–Kier alpha value is -2.53. The summed E-state index contributed by atoms with van der Waals surface area (Å²) in [6.45, 7) is 3.61. The number of anilines is 1. The van der Waals surface area contributed by atoms with Gasteiger partial charge in [-0.3, -0.25) is 4.79 Å². The van der Waals surface area contributed by atoms with Gasteiger partial charge >= 0.3 is 0 Å². The highest BCUT2D eigenvalue weighted by Gasteiger charge is 2.12. The van der Waals surface area contributed by atoms with Crippen LogP contribution in [0.15, 0.2) is 42.5 Å². The van der Waals surface area contributed by atoms with Crippen LogP contribution in [-0.4, -0.2) is 22.7 Å². The van der Waals surface area contributed by atoms with Crippen molar-refractivity contribution < 1.29 is 15.0 Å². The molecule has 5 nitrogen and oxygen atoms in total. The Labute approximate surface area is 123 Å². The first-order chi connectivity index (χ1) is 10.1. The maximum atomic E-state index is 12.1. The van der Waals surface area contributed by atoms with Crippen LogP contribution in [0, 0.1) is 0 Å². The molecular formula is C16H18N2O3. The third-order valence-corrected chi connectivity index (χ3v) is 2.99. The zero-order valence-corrected chi connectivity index (χ0v) is 11.8. The fourth-order valence-electron chi connectivity index (χ4n) is 1.93. The zero-order chi connectivity index (χ0) is 15.2. The molecule has 0 saturated heterocycles. The van der Waals surface area contributed by atoms with E-state index in [-0.39, 0.29) is 17.1 Å². The van der Waals surface area contributed by atoms with Crippen LogP contribution in [0.3, 0.4) is 0 Å². The number of amides is 1. The molecule has 0 bridgehead atoms. The summed E-state index contributed by atoms with van der Waals surface area (Å²) in [5.74, 6) is -0.711. The van der Waals surface area contributed by atoms with E-state index in [1.165, 1.54) is 18.2 Å². The highest BCUT2D eigenvalue weighted by atomic mass is 16.3. The summed E-state index contributed by atoms with van der Waals surface area (Å²) >= 11 is 0. The molecule has 2 aromatic rings. The van der Waals surface area contributed by atoms with Crippen molar-refractivity contribution in [2.24, 2.45) is 0 Å². The van der Waals surface area contributed by atoms with Crippen LogP contribution >= 0.6 is 0 Å². The van der Waals surface area contributed by atoms with Crippen LogP contribution in [0.2, 0.25) is 0 Å². The normalized spacial score (nSPS) is 10.3. The summed E-state index contributed by atoms with van der Waals surface area (Å²) in [5.41, 5.74) is 1.72. The standard InChI is InChI=1S/C16H18N2O3/c1-2-17-10-11-4-3-5-12(8-11)18-16(21)14-9-13(19)6-7-15(14)20/h3-9,17,19-20H,2,10H2,1H3,(H,18,21). The fourth-order valence-corrected chi connectivity index (χ4v) is 1.93. The number of carbonyl (C=O) groups excluding carboxylic acids is 1. The first kappa shape index (κ1) is 14.9. The van der Waals surface area contributed by atoms with Gasteiger partial charge in [-0.05, 0) is 42.4 Å². The average Bonchev–Trinajstić information content (AvgIpc) is 2.48. The molecule has 1 amide bonds. The number of phenols is 2. The van der Waals surface area contributed by atoms with Crippen molar-refractivity contribution >= 4 is 11.6 Å². The topological polar surface area (TPSA) is 81.6 Å². The predicted molar refractivity (Wildman–Crippen MR) is 81.5 cm³/mol. The molecule has 0 aliphatic rings. The number of benzene rings is 2. The zero-order valence-electron chi connectivity index (χ0n) is 11.8. The van der Waals surface area contributed by atoms with Gasteiger partial charge in [0.15, 0.2) is 0 Å². The molecule has 2 rings (SSSR count). The Bertz CT molecular complexity index is 641. The van der Waals surface area contributed by atoms with E-state index in [0.717, 1.165) is 18.7 Å². The van der Waals surface area contributed by atoms with E-state index in [4.69, 9.17) is 0 Å². The number of aromatic hydroxyl groups is 2. The SMILES string of the molecule is CCNCc1cccc(NC(=O)c2cc(O)ccc2O)c1. The Balaban J connectivity index is 2.14. The van der Waals surface area contributed by atoms with Crippen LogP contribution in [0.1, 0.15) is 22.8 Å². The molecular weight excluding hydrogens is 268 g/mol. The van der Waals surface area contributed by atoms with Crippen LogP contribution in [0.5, 0.6) is 11.5 Å². The minimum Gasteiger partial charge on any atom is -0.508 e. The fraction of sp³-hybridized carbons (Fsp3) is 0.188. The van der Waals surface area contributed by atoms with E-state index in [1.54, 1.807) is 6.07 Å². The Morgan fingerprint density at radius 1 is 1.14 bits per heavy atom. The molecule has 2 aromatic carbocycles. The van der Waals surface area contributed by atoms with E-state index >= 15 is 0 Å². The molecule has 4 N–H and O–H groups in total. The van der Waals surface area contributed by atoms with Crippen LogP contribution in [0.25, 0.3) is 0 Å². The molecule has 0 unspecified atom stereocenters. The lowest BCUT2D eigenvalue weighted by Gasteiger charge is -2.09. The summed E-state index contributed by atoms with van der Waals surface area (Å²) in [6.07, 6.45) is 0. The van der Waals surface area contributed by atoms with Gasteiger partial charge in [-0.15, -0.1) is 0 Å². The summed E-state index contributed by atoms with van der Waals surface area (Å²) < 4.78 is 0. The molecule has 0 heterocycles. The second-order valence-corrected chi connectivity index (χ2v) is 4.64. The largest absolute Gasteiger partial charge is 0.508 e. The van der Waals surface area contributed by atoms with Crippen molar-refractivity contribution in [1.29, 1.82) is 0 Å². The number of hydrogen-bond donors (Lipinski definition) is 4. The lowest BCUT2D eigenvalue weighted by atomic mass is 10.1. The minimum absolute atomic E-state index is 0.0343. The van der Waals surface area contributed by atoms with Crippen molar-refractivity contribution in [1.82, 2.24) is 5.32 Å². The quantitative estimate of drug-likeness (QED) is 0.636. The van der Waals surface area contributed by atoms with E-state index in [2.05, 4.69) is 10.6 Å². The Morgan fingerprint density at radius 2 is 1.95 bits per heavy atom. The molecule has 0 aliphatic carbocycles. The van der Waals surface area contributed by atoms with Gasteiger partial charge in [0.1, 0.15) is 11.5 Å². The number of carbonyl (C=O) groups is 1. The number of rotatable bonds is 5. The first-order valence-electron chi connectivity index (χ1n) is 6.73. The Kier molecular flexibility index (Phi) is 4.79. The predicted octanol–water partition coefficient (Wildman–Crippen LogP) is 2.46. The summed E-state index contributed by atoms with van der Waals surface area (Å²) in [7, 11) is 0. The average molecular weight is 286 g/mol. The van der Waals surface area contributed by atoms with Gasteiger partial charge in [0.25, 0.3) is 5.91 Å². The van der Waals surface area contributed by atoms with Gasteiger partial charge < -0.3 is 20.8 Å². The van der Waals surface area contributed by atoms with E-state index in [1.807, 2.05) is 25.1 Å². The van der Waals surface area contributed by atoms with Crippen molar-refractivity contribution in [3.63, 3.8) is 0 Å². The molecule has 21 heavy (non-hydrogen) atoms. The van der Waals surface area contributed by atoms with Crippen LogP contribution < -0.4 is 10.6 Å². The minimum atomic E-state index is -0.469. The van der Waals surface area contributed by atoms with Crippen molar-refractivity contribution in [3.05, 3.63) is 53.6 Å². The number of phenolic OH excluding ortho intramolecular Hbond substituents is 2. The van der Waals surface area contributed by atoms with Gasteiger partial charge in [-0.25, -0.2) is 0 Å². The lowest BCUT2D eigenvalue weighted by Crippen LogP contribution is -2.14. The Morgan fingerprint density at radius 3 is 2.71 bits per heavy atom. The van der Waals surface area contributed by atoms with Gasteiger partial charge in [0, 0.05) is 12.2 Å². The maximum absolute atomic E-state index is 12.1.